The zero-order valence-corrected chi connectivity index (χ0v) is 15.1. The smallest absolute Gasteiger partial charge is 0.232 e. The lowest BCUT2D eigenvalue weighted by molar-refractivity contribution is 0.329. The monoisotopic (exact) mass is 384 g/mol. The van der Waals surface area contributed by atoms with Gasteiger partial charge in [-0.05, 0) is 30.3 Å². The molecule has 0 bridgehead atoms. The molecule has 0 radical (unpaired) electrons. The van der Waals surface area contributed by atoms with Crippen LogP contribution in [0.4, 0.5) is 5.69 Å². The van der Waals surface area contributed by atoms with Crippen LogP contribution >= 0.6 is 23.2 Å². The molecule has 0 heterocycles. The summed E-state index contributed by atoms with van der Waals surface area (Å²) in [7, 11) is -3.54. The molecule has 2 aromatic carbocycles. The maximum Gasteiger partial charge on any atom is 0.232 e. The van der Waals surface area contributed by atoms with Crippen LogP contribution in [0, 0.1) is 11.3 Å². The highest BCUT2D eigenvalue weighted by Crippen LogP contribution is 2.32. The highest BCUT2D eigenvalue weighted by molar-refractivity contribution is 7.92. The molecule has 0 fully saturated rings. The quantitative estimate of drug-likeness (QED) is 0.760. The van der Waals surface area contributed by atoms with Gasteiger partial charge in [0.25, 0.3) is 0 Å². The first-order chi connectivity index (χ1) is 11.3. The lowest BCUT2D eigenvalue weighted by atomic mass is 10.2. The molecule has 0 aliphatic heterocycles. The maximum absolute atomic E-state index is 12.0. The van der Waals surface area contributed by atoms with E-state index in [0.29, 0.717) is 27.0 Å². The van der Waals surface area contributed by atoms with Crippen molar-refractivity contribution in [3.63, 3.8) is 0 Å². The van der Waals surface area contributed by atoms with E-state index >= 15 is 0 Å². The molecule has 0 N–H and O–H groups in total. The van der Waals surface area contributed by atoms with E-state index in [4.69, 9.17) is 33.2 Å². The van der Waals surface area contributed by atoms with Crippen molar-refractivity contribution in [2.45, 2.75) is 0 Å². The standard InChI is InChI=1S/C16H14Cl2N2O3S/c1-24(21,22)20(13-5-2-4-12(10-13)11-19)8-9-23-16-14(17)6-3-7-15(16)18/h2-7,10H,8-9H2,1H3. The van der Waals surface area contributed by atoms with Crippen molar-refractivity contribution in [3.05, 3.63) is 58.1 Å². The molecule has 0 saturated heterocycles. The molecule has 2 rings (SSSR count). The number of anilines is 1. The fraction of sp³-hybridized carbons (Fsp3) is 0.188. The van der Waals surface area contributed by atoms with Crippen LogP contribution in [-0.4, -0.2) is 27.8 Å². The predicted octanol–water partition coefficient (Wildman–Crippen LogP) is 3.71. The third kappa shape index (κ3) is 4.54. The molecule has 0 unspecified atom stereocenters. The van der Waals surface area contributed by atoms with Crippen molar-refractivity contribution in [1.82, 2.24) is 0 Å². The van der Waals surface area contributed by atoms with Gasteiger partial charge in [0.1, 0.15) is 6.61 Å². The van der Waals surface area contributed by atoms with E-state index in [1.807, 2.05) is 6.07 Å². The second-order valence-corrected chi connectivity index (χ2v) is 7.62. The number of halogens is 2. The largest absolute Gasteiger partial charge is 0.489 e. The molecule has 24 heavy (non-hydrogen) atoms. The molecule has 126 valence electrons. The number of sulfonamides is 1. The first kappa shape index (κ1) is 18.4. The number of ether oxygens (including phenoxy) is 1. The van der Waals surface area contributed by atoms with Gasteiger partial charge in [0.05, 0.1) is 40.2 Å². The maximum atomic E-state index is 12.0. The van der Waals surface area contributed by atoms with Gasteiger partial charge in [-0.2, -0.15) is 5.26 Å². The second kappa shape index (κ2) is 7.75. The van der Waals surface area contributed by atoms with Crippen LogP contribution in [0.1, 0.15) is 5.56 Å². The third-order valence-electron chi connectivity index (χ3n) is 3.12. The van der Waals surface area contributed by atoms with E-state index in [1.54, 1.807) is 36.4 Å². The molecule has 0 atom stereocenters. The molecule has 0 aliphatic rings. The summed E-state index contributed by atoms with van der Waals surface area (Å²) in [4.78, 5) is 0. The van der Waals surface area contributed by atoms with E-state index < -0.39 is 10.0 Å². The Hall–Kier alpha value is -1.94. The fourth-order valence-corrected chi connectivity index (χ4v) is 3.48. The number of hydrogen-bond donors (Lipinski definition) is 0. The Bertz CT molecular complexity index is 859. The average molecular weight is 385 g/mol. The normalized spacial score (nSPS) is 10.9. The van der Waals surface area contributed by atoms with E-state index in [2.05, 4.69) is 0 Å². The van der Waals surface area contributed by atoms with Crippen molar-refractivity contribution in [1.29, 1.82) is 5.26 Å². The zero-order chi connectivity index (χ0) is 17.7. The Kier molecular flexibility index (Phi) is 5.94. The predicted molar refractivity (Wildman–Crippen MR) is 95.3 cm³/mol. The van der Waals surface area contributed by atoms with Gasteiger partial charge < -0.3 is 4.74 Å². The number of hydrogen-bond acceptors (Lipinski definition) is 4. The van der Waals surface area contributed by atoms with Crippen molar-refractivity contribution in [2.24, 2.45) is 0 Å². The average Bonchev–Trinajstić information content (AvgIpc) is 2.52. The molecule has 0 amide bonds. The second-order valence-electron chi connectivity index (χ2n) is 4.90. The topological polar surface area (TPSA) is 70.4 Å². The van der Waals surface area contributed by atoms with Gasteiger partial charge in [0.2, 0.25) is 10.0 Å². The summed E-state index contributed by atoms with van der Waals surface area (Å²) in [5, 5.41) is 9.65. The summed E-state index contributed by atoms with van der Waals surface area (Å²) in [6, 6.07) is 13.3. The first-order valence-electron chi connectivity index (χ1n) is 6.87. The van der Waals surface area contributed by atoms with Crippen LogP contribution in [0.3, 0.4) is 0 Å². The Morgan fingerprint density at radius 1 is 1.17 bits per heavy atom. The summed E-state index contributed by atoms with van der Waals surface area (Å²) in [5.74, 6) is 0.306. The lowest BCUT2D eigenvalue weighted by Crippen LogP contribution is -2.33. The van der Waals surface area contributed by atoms with Gasteiger partial charge in [0.15, 0.2) is 5.75 Å². The minimum Gasteiger partial charge on any atom is -0.489 e. The van der Waals surface area contributed by atoms with Crippen LogP contribution in [0.15, 0.2) is 42.5 Å². The van der Waals surface area contributed by atoms with Gasteiger partial charge in [-0.3, -0.25) is 4.31 Å². The van der Waals surface area contributed by atoms with E-state index in [-0.39, 0.29) is 13.2 Å². The van der Waals surface area contributed by atoms with Crippen LogP contribution in [0.25, 0.3) is 0 Å². The number of para-hydroxylation sites is 1. The van der Waals surface area contributed by atoms with E-state index in [1.165, 1.54) is 10.4 Å². The molecule has 2 aromatic rings. The third-order valence-corrected chi connectivity index (χ3v) is 4.91. The molecule has 0 saturated carbocycles. The Morgan fingerprint density at radius 3 is 2.38 bits per heavy atom. The molecule has 0 aliphatic carbocycles. The van der Waals surface area contributed by atoms with E-state index in [0.717, 1.165) is 6.26 Å². The minimum absolute atomic E-state index is 0.0489. The molecule has 5 nitrogen and oxygen atoms in total. The van der Waals surface area contributed by atoms with Gasteiger partial charge >= 0.3 is 0 Å². The number of nitriles is 1. The highest BCUT2D eigenvalue weighted by Gasteiger charge is 2.18. The van der Waals surface area contributed by atoms with Crippen molar-refractivity contribution >= 4 is 38.9 Å². The summed E-state index contributed by atoms with van der Waals surface area (Å²) in [5.41, 5.74) is 0.765. The molecular weight excluding hydrogens is 371 g/mol. The number of nitrogens with zero attached hydrogens (tertiary/aromatic N) is 2. The highest BCUT2D eigenvalue weighted by atomic mass is 35.5. The molecule has 8 heteroatoms. The number of benzene rings is 2. The van der Waals surface area contributed by atoms with Crippen LogP contribution in [0.2, 0.25) is 10.0 Å². The van der Waals surface area contributed by atoms with Gasteiger partial charge in [-0.25, -0.2) is 8.42 Å². The summed E-state index contributed by atoms with van der Waals surface area (Å²) < 4.78 is 30.8. The Labute approximate surface area is 151 Å². The van der Waals surface area contributed by atoms with Gasteiger partial charge in [-0.1, -0.05) is 35.3 Å². The van der Waals surface area contributed by atoms with Crippen LogP contribution in [-0.2, 0) is 10.0 Å². The molecular formula is C16H14Cl2N2O3S. The van der Waals surface area contributed by atoms with Crippen molar-refractivity contribution in [3.8, 4) is 11.8 Å². The van der Waals surface area contributed by atoms with Crippen molar-refractivity contribution < 1.29 is 13.2 Å². The van der Waals surface area contributed by atoms with Crippen LogP contribution in [0.5, 0.6) is 5.75 Å². The molecule has 0 aromatic heterocycles. The summed E-state index contributed by atoms with van der Waals surface area (Å²) in [6.07, 6.45) is 1.09. The van der Waals surface area contributed by atoms with Crippen LogP contribution < -0.4 is 9.04 Å². The Morgan fingerprint density at radius 2 is 1.79 bits per heavy atom. The SMILES string of the molecule is CS(=O)(=O)N(CCOc1c(Cl)cccc1Cl)c1cccc(C#N)c1. The first-order valence-corrected chi connectivity index (χ1v) is 9.48. The van der Waals surface area contributed by atoms with Crippen molar-refractivity contribution in [2.75, 3.05) is 23.7 Å². The fourth-order valence-electron chi connectivity index (χ4n) is 2.07. The minimum atomic E-state index is -3.54. The van der Waals surface area contributed by atoms with E-state index in [9.17, 15) is 8.42 Å². The summed E-state index contributed by atoms with van der Waals surface area (Å²) >= 11 is 12.0. The molecule has 0 spiro atoms. The zero-order valence-electron chi connectivity index (χ0n) is 12.7. The number of rotatable bonds is 6. The van der Waals surface area contributed by atoms with Gasteiger partial charge in [0, 0.05) is 0 Å². The lowest BCUT2D eigenvalue weighted by Gasteiger charge is -2.23. The summed E-state index contributed by atoms with van der Waals surface area (Å²) in [6.45, 7) is 0.0998. The Balaban J connectivity index is 2.18. The van der Waals surface area contributed by atoms with Gasteiger partial charge in [-0.15, -0.1) is 0 Å².